The predicted molar refractivity (Wildman–Crippen MR) is 44.3 cm³/mol. The van der Waals surface area contributed by atoms with Crippen molar-refractivity contribution < 1.29 is 17.5 Å². The molecule has 0 atom stereocenters. The van der Waals surface area contributed by atoms with Crippen LogP contribution in [0.4, 0.5) is 4.39 Å². The van der Waals surface area contributed by atoms with Crippen molar-refractivity contribution in [2.75, 3.05) is 7.11 Å². The molecule has 0 aromatic heterocycles. The summed E-state index contributed by atoms with van der Waals surface area (Å²) in [5.41, 5.74) is 0. The molecule has 0 aliphatic carbocycles. The van der Waals surface area contributed by atoms with E-state index in [4.69, 9.17) is 5.14 Å². The topological polar surface area (TPSA) is 69.4 Å². The van der Waals surface area contributed by atoms with E-state index in [1.54, 1.807) is 0 Å². The maximum Gasteiger partial charge on any atom is 0.241 e. The number of nitrogens with two attached hydrogens (primary N) is 1. The molecule has 0 saturated heterocycles. The van der Waals surface area contributed by atoms with E-state index in [2.05, 4.69) is 4.74 Å². The Bertz CT molecular complexity index is 416. The number of primary sulfonamides is 1. The second-order valence-corrected chi connectivity index (χ2v) is 3.85. The first-order chi connectivity index (χ1) is 5.96. The summed E-state index contributed by atoms with van der Waals surface area (Å²) in [4.78, 5) is -0.563. The van der Waals surface area contributed by atoms with Gasteiger partial charge in [0, 0.05) is 0 Å². The first-order valence-corrected chi connectivity index (χ1v) is 4.86. The Morgan fingerprint density at radius 3 is 2.54 bits per heavy atom. The van der Waals surface area contributed by atoms with Gasteiger partial charge in [-0.05, 0) is 12.1 Å². The number of rotatable bonds is 2. The Morgan fingerprint density at radius 1 is 1.46 bits per heavy atom. The highest BCUT2D eigenvalue weighted by molar-refractivity contribution is 7.89. The molecule has 0 saturated carbocycles. The molecule has 72 valence electrons. The first kappa shape index (κ1) is 9.94. The average Bonchev–Trinajstić information content (AvgIpc) is 2.02. The standard InChI is InChI=1S/C7H8FNO3S/c1-12-5-3-2-4-6(7(5)8)13(9,10)11/h2-4H,1H3,(H2,9,10,11). The summed E-state index contributed by atoms with van der Waals surface area (Å²) in [6.07, 6.45) is 0. The Kier molecular flexibility index (Phi) is 2.53. The molecular weight excluding hydrogens is 197 g/mol. The number of halogens is 1. The quantitative estimate of drug-likeness (QED) is 0.763. The molecule has 0 radical (unpaired) electrons. The van der Waals surface area contributed by atoms with Gasteiger partial charge >= 0.3 is 0 Å². The lowest BCUT2D eigenvalue weighted by Gasteiger charge is -2.04. The molecule has 2 N–H and O–H groups in total. The van der Waals surface area contributed by atoms with Gasteiger partial charge in [-0.15, -0.1) is 0 Å². The highest BCUT2D eigenvalue weighted by atomic mass is 32.2. The minimum absolute atomic E-state index is 0.147. The van der Waals surface area contributed by atoms with Gasteiger partial charge in [-0.3, -0.25) is 0 Å². The van der Waals surface area contributed by atoms with Gasteiger partial charge in [0.05, 0.1) is 7.11 Å². The molecule has 0 spiro atoms. The van der Waals surface area contributed by atoms with Gasteiger partial charge < -0.3 is 4.74 Å². The summed E-state index contributed by atoms with van der Waals surface area (Å²) in [7, 11) is -2.78. The van der Waals surface area contributed by atoms with Crippen molar-refractivity contribution >= 4 is 10.0 Å². The molecule has 0 fully saturated rings. The van der Waals surface area contributed by atoms with Crippen molar-refractivity contribution in [3.8, 4) is 5.75 Å². The number of methoxy groups -OCH3 is 1. The second-order valence-electron chi connectivity index (χ2n) is 2.32. The van der Waals surface area contributed by atoms with Crippen LogP contribution in [-0.2, 0) is 10.0 Å². The molecule has 1 rings (SSSR count). The van der Waals surface area contributed by atoms with Crippen molar-refractivity contribution in [3.05, 3.63) is 24.0 Å². The lowest BCUT2D eigenvalue weighted by molar-refractivity contribution is 0.380. The lowest BCUT2D eigenvalue weighted by Crippen LogP contribution is -2.14. The number of ether oxygens (including phenoxy) is 1. The third-order valence-corrected chi connectivity index (χ3v) is 2.38. The van der Waals surface area contributed by atoms with Crippen molar-refractivity contribution in [1.82, 2.24) is 0 Å². The zero-order chi connectivity index (χ0) is 10.1. The molecule has 6 heteroatoms. The minimum atomic E-state index is -4.02. The third kappa shape index (κ3) is 1.96. The number of hydrogen-bond acceptors (Lipinski definition) is 3. The van der Waals surface area contributed by atoms with Crippen LogP contribution in [-0.4, -0.2) is 15.5 Å². The van der Waals surface area contributed by atoms with Gasteiger partial charge in [0.2, 0.25) is 10.0 Å². The van der Waals surface area contributed by atoms with Gasteiger partial charge in [-0.25, -0.2) is 17.9 Å². The highest BCUT2D eigenvalue weighted by Crippen LogP contribution is 2.22. The van der Waals surface area contributed by atoms with Gasteiger partial charge in [-0.2, -0.15) is 0 Å². The van der Waals surface area contributed by atoms with Crippen LogP contribution in [0.25, 0.3) is 0 Å². The molecule has 0 heterocycles. The van der Waals surface area contributed by atoms with Gasteiger partial charge in [0.25, 0.3) is 0 Å². The number of hydrogen-bond donors (Lipinski definition) is 1. The zero-order valence-electron chi connectivity index (χ0n) is 6.82. The monoisotopic (exact) mass is 205 g/mol. The van der Waals surface area contributed by atoms with E-state index >= 15 is 0 Å². The Balaban J connectivity index is 3.41. The Morgan fingerprint density at radius 2 is 2.08 bits per heavy atom. The van der Waals surface area contributed by atoms with Crippen molar-refractivity contribution in [1.29, 1.82) is 0 Å². The van der Waals surface area contributed by atoms with Crippen LogP contribution in [0, 0.1) is 5.82 Å². The normalized spacial score (nSPS) is 11.3. The lowest BCUT2D eigenvalue weighted by atomic mass is 10.3. The molecular formula is C7H8FNO3S. The van der Waals surface area contributed by atoms with Crippen LogP contribution in [0.3, 0.4) is 0 Å². The van der Waals surface area contributed by atoms with Crippen LogP contribution in [0.15, 0.2) is 23.1 Å². The van der Waals surface area contributed by atoms with Crippen molar-refractivity contribution in [2.45, 2.75) is 4.90 Å². The van der Waals surface area contributed by atoms with Crippen LogP contribution >= 0.6 is 0 Å². The molecule has 0 bridgehead atoms. The first-order valence-electron chi connectivity index (χ1n) is 3.32. The van der Waals surface area contributed by atoms with Gasteiger partial charge in [0.15, 0.2) is 11.6 Å². The molecule has 0 amide bonds. The third-order valence-electron chi connectivity index (χ3n) is 1.45. The summed E-state index contributed by atoms with van der Waals surface area (Å²) < 4.78 is 39.4. The van der Waals surface area contributed by atoms with Crippen LogP contribution in [0.2, 0.25) is 0 Å². The fourth-order valence-electron chi connectivity index (χ4n) is 0.868. The second kappa shape index (κ2) is 3.31. The van der Waals surface area contributed by atoms with E-state index in [1.165, 1.54) is 19.2 Å². The van der Waals surface area contributed by atoms with Crippen LogP contribution in [0.5, 0.6) is 5.75 Å². The van der Waals surface area contributed by atoms with Gasteiger partial charge in [-0.1, -0.05) is 6.07 Å². The van der Waals surface area contributed by atoms with Crippen LogP contribution in [0.1, 0.15) is 0 Å². The molecule has 0 aliphatic heterocycles. The zero-order valence-corrected chi connectivity index (χ0v) is 7.64. The van der Waals surface area contributed by atoms with E-state index in [9.17, 15) is 12.8 Å². The molecule has 0 aliphatic rings. The fourth-order valence-corrected chi connectivity index (χ4v) is 1.49. The average molecular weight is 205 g/mol. The Hall–Kier alpha value is -1.14. The summed E-state index contributed by atoms with van der Waals surface area (Å²) in [6, 6.07) is 3.73. The van der Waals surface area contributed by atoms with Crippen LogP contribution < -0.4 is 9.88 Å². The smallest absolute Gasteiger partial charge is 0.241 e. The maximum atomic E-state index is 13.2. The summed E-state index contributed by atoms with van der Waals surface area (Å²) in [5, 5.41) is 4.76. The van der Waals surface area contributed by atoms with E-state index in [0.29, 0.717) is 0 Å². The highest BCUT2D eigenvalue weighted by Gasteiger charge is 2.17. The Labute approximate surface area is 75.2 Å². The summed E-state index contributed by atoms with van der Waals surface area (Å²) in [5.74, 6) is -1.11. The molecule has 1 aromatic rings. The SMILES string of the molecule is COc1cccc(S(N)(=O)=O)c1F. The number of benzene rings is 1. The summed E-state index contributed by atoms with van der Waals surface area (Å²) in [6.45, 7) is 0. The predicted octanol–water partition coefficient (Wildman–Crippen LogP) is 0.482. The number of sulfonamides is 1. The van der Waals surface area contributed by atoms with E-state index in [-0.39, 0.29) is 5.75 Å². The van der Waals surface area contributed by atoms with Crippen molar-refractivity contribution in [2.24, 2.45) is 5.14 Å². The van der Waals surface area contributed by atoms with E-state index in [0.717, 1.165) is 6.07 Å². The molecule has 0 unspecified atom stereocenters. The largest absolute Gasteiger partial charge is 0.494 e. The molecule has 1 aromatic carbocycles. The summed E-state index contributed by atoms with van der Waals surface area (Å²) >= 11 is 0. The van der Waals surface area contributed by atoms with E-state index < -0.39 is 20.7 Å². The van der Waals surface area contributed by atoms with Crippen molar-refractivity contribution in [3.63, 3.8) is 0 Å². The fraction of sp³-hybridized carbons (Fsp3) is 0.143. The van der Waals surface area contributed by atoms with Gasteiger partial charge in [0.1, 0.15) is 4.90 Å². The maximum absolute atomic E-state index is 13.2. The van der Waals surface area contributed by atoms with E-state index in [1.807, 2.05) is 0 Å². The molecule has 4 nitrogen and oxygen atoms in total. The minimum Gasteiger partial charge on any atom is -0.494 e. The molecule has 13 heavy (non-hydrogen) atoms.